The number of hydrogen-bond donors (Lipinski definition) is 1. The van der Waals surface area contributed by atoms with Gasteiger partial charge in [-0.2, -0.15) is 0 Å². The van der Waals surface area contributed by atoms with E-state index in [0.717, 1.165) is 17.7 Å². The second-order valence-corrected chi connectivity index (χ2v) is 5.89. The van der Waals surface area contributed by atoms with Crippen LogP contribution in [-0.4, -0.2) is 55.2 Å². The Hall–Kier alpha value is -2.13. The molecule has 0 saturated carbocycles. The zero-order chi connectivity index (χ0) is 16.7. The number of imidazole rings is 1. The molecular weight excluding hydrogens is 336 g/mol. The molecule has 10 heteroatoms. The summed E-state index contributed by atoms with van der Waals surface area (Å²) in [6, 6.07) is 0.109. The fraction of sp³-hybridized carbons (Fsp3) is 0.571. The summed E-state index contributed by atoms with van der Waals surface area (Å²) >= 11 is 0. The molecule has 24 heavy (non-hydrogen) atoms. The summed E-state index contributed by atoms with van der Waals surface area (Å²) in [6.45, 7) is 4.18. The number of rotatable bonds is 2. The molecule has 0 aliphatic carbocycles. The van der Waals surface area contributed by atoms with Gasteiger partial charge in [-0.3, -0.25) is 18.7 Å². The molecule has 0 spiro atoms. The van der Waals surface area contributed by atoms with E-state index in [9.17, 15) is 14.4 Å². The first-order valence-electron chi connectivity index (χ1n) is 7.53. The molecule has 1 aliphatic heterocycles. The van der Waals surface area contributed by atoms with Crippen LogP contribution in [0.4, 0.5) is 0 Å². The van der Waals surface area contributed by atoms with Crippen LogP contribution < -0.4 is 16.6 Å². The van der Waals surface area contributed by atoms with E-state index in [2.05, 4.69) is 10.3 Å². The molecule has 1 N–H and O–H groups in total. The minimum absolute atomic E-state index is 0. The molecule has 0 bridgehead atoms. The summed E-state index contributed by atoms with van der Waals surface area (Å²) in [5.74, 6) is -0.0609. The van der Waals surface area contributed by atoms with Crippen LogP contribution in [0, 0.1) is 0 Å². The third-order valence-corrected chi connectivity index (χ3v) is 4.34. The van der Waals surface area contributed by atoms with Gasteiger partial charge in [0.15, 0.2) is 11.2 Å². The van der Waals surface area contributed by atoms with Crippen LogP contribution in [0.25, 0.3) is 11.2 Å². The Balaban J connectivity index is 0.00000208. The first kappa shape index (κ1) is 18.2. The smallest absolute Gasteiger partial charge is 0.332 e. The molecule has 2 aromatic rings. The van der Waals surface area contributed by atoms with Gasteiger partial charge in [0.1, 0.15) is 6.54 Å². The Labute approximate surface area is 144 Å². The predicted molar refractivity (Wildman–Crippen MR) is 91.5 cm³/mol. The summed E-state index contributed by atoms with van der Waals surface area (Å²) in [7, 11) is 2.98. The van der Waals surface area contributed by atoms with Crippen LogP contribution >= 0.6 is 12.4 Å². The van der Waals surface area contributed by atoms with Gasteiger partial charge < -0.3 is 14.8 Å². The van der Waals surface area contributed by atoms with Crippen LogP contribution in [0.2, 0.25) is 0 Å². The van der Waals surface area contributed by atoms with Gasteiger partial charge in [0.05, 0.1) is 6.33 Å². The topological polar surface area (TPSA) is 94.2 Å². The van der Waals surface area contributed by atoms with Gasteiger partial charge in [-0.1, -0.05) is 0 Å². The van der Waals surface area contributed by atoms with Gasteiger partial charge in [0, 0.05) is 39.8 Å². The molecule has 1 aliphatic rings. The second-order valence-electron chi connectivity index (χ2n) is 5.89. The van der Waals surface area contributed by atoms with Crippen LogP contribution in [0.1, 0.15) is 6.92 Å². The maximum Gasteiger partial charge on any atom is 0.332 e. The molecule has 1 amide bonds. The maximum atomic E-state index is 12.5. The van der Waals surface area contributed by atoms with E-state index in [0.29, 0.717) is 12.2 Å². The average molecular weight is 357 g/mol. The van der Waals surface area contributed by atoms with E-state index >= 15 is 0 Å². The third-order valence-electron chi connectivity index (χ3n) is 4.34. The number of carbonyl (C=O) groups is 1. The Morgan fingerprint density at radius 2 is 2.04 bits per heavy atom. The highest BCUT2D eigenvalue weighted by atomic mass is 35.5. The zero-order valence-electron chi connectivity index (χ0n) is 13.9. The van der Waals surface area contributed by atoms with Crippen LogP contribution in [-0.2, 0) is 25.4 Å². The van der Waals surface area contributed by atoms with E-state index < -0.39 is 11.2 Å². The van der Waals surface area contributed by atoms with Crippen LogP contribution in [0.15, 0.2) is 15.9 Å². The van der Waals surface area contributed by atoms with Crippen molar-refractivity contribution in [2.75, 3.05) is 19.6 Å². The maximum absolute atomic E-state index is 12.5. The summed E-state index contributed by atoms with van der Waals surface area (Å²) in [6.07, 6.45) is 1.44. The Morgan fingerprint density at radius 1 is 1.33 bits per heavy atom. The summed E-state index contributed by atoms with van der Waals surface area (Å²) < 4.78 is 3.86. The van der Waals surface area contributed by atoms with Gasteiger partial charge in [0.2, 0.25) is 5.91 Å². The SMILES string of the molecule is C[C@@H]1CNCCN1C(=O)Cn1cnc2c1c(=O)n(C)c(=O)n2C.Cl. The van der Waals surface area contributed by atoms with Crippen molar-refractivity contribution in [3.8, 4) is 0 Å². The number of halogens is 1. The van der Waals surface area contributed by atoms with Crippen molar-refractivity contribution in [2.45, 2.75) is 19.5 Å². The van der Waals surface area contributed by atoms with Crippen molar-refractivity contribution in [3.05, 3.63) is 27.2 Å². The van der Waals surface area contributed by atoms with Gasteiger partial charge >= 0.3 is 5.69 Å². The van der Waals surface area contributed by atoms with Crippen molar-refractivity contribution in [2.24, 2.45) is 14.1 Å². The number of fused-ring (bicyclic) bond motifs is 1. The lowest BCUT2D eigenvalue weighted by Gasteiger charge is -2.34. The minimum atomic E-state index is -0.443. The zero-order valence-corrected chi connectivity index (χ0v) is 14.7. The first-order chi connectivity index (χ1) is 10.9. The molecular formula is C14H21ClN6O3. The Kier molecular flexibility index (Phi) is 5.14. The molecule has 132 valence electrons. The minimum Gasteiger partial charge on any atom is -0.336 e. The fourth-order valence-corrected chi connectivity index (χ4v) is 2.96. The summed E-state index contributed by atoms with van der Waals surface area (Å²) in [4.78, 5) is 42.7. The quantitative estimate of drug-likeness (QED) is 0.720. The Morgan fingerprint density at radius 3 is 2.71 bits per heavy atom. The summed E-state index contributed by atoms with van der Waals surface area (Å²) in [5, 5.41) is 3.23. The number of aromatic nitrogens is 4. The van der Waals surface area contributed by atoms with E-state index in [4.69, 9.17) is 0 Å². The van der Waals surface area contributed by atoms with E-state index in [-0.39, 0.29) is 36.4 Å². The molecule has 0 aromatic carbocycles. The molecule has 1 fully saturated rings. The first-order valence-corrected chi connectivity index (χ1v) is 7.53. The highest BCUT2D eigenvalue weighted by Gasteiger charge is 2.24. The fourth-order valence-electron chi connectivity index (χ4n) is 2.96. The highest BCUT2D eigenvalue weighted by molar-refractivity contribution is 5.85. The van der Waals surface area contributed by atoms with Gasteiger partial charge in [-0.05, 0) is 6.92 Å². The van der Waals surface area contributed by atoms with Crippen molar-refractivity contribution in [3.63, 3.8) is 0 Å². The monoisotopic (exact) mass is 356 g/mol. The summed E-state index contributed by atoms with van der Waals surface area (Å²) in [5.41, 5.74) is -0.318. The van der Waals surface area contributed by atoms with E-state index in [1.807, 2.05) is 6.92 Å². The number of amides is 1. The van der Waals surface area contributed by atoms with Gasteiger partial charge in [0.25, 0.3) is 5.56 Å². The normalized spacial score (nSPS) is 17.8. The van der Waals surface area contributed by atoms with Gasteiger partial charge in [-0.15, -0.1) is 12.4 Å². The van der Waals surface area contributed by atoms with Crippen molar-refractivity contribution < 1.29 is 4.79 Å². The molecule has 2 aromatic heterocycles. The number of nitrogens with zero attached hydrogens (tertiary/aromatic N) is 5. The highest BCUT2D eigenvalue weighted by Crippen LogP contribution is 2.09. The second kappa shape index (κ2) is 6.78. The number of aryl methyl sites for hydroxylation is 1. The standard InChI is InChI=1S/C14H20N6O3.ClH/c1-9-6-15-4-5-20(9)10(21)7-19-8-16-12-11(19)13(22)18(3)14(23)17(12)2;/h8-9,15H,4-7H2,1-3H3;1H/t9-;/m1./s1. The molecule has 3 rings (SSSR count). The number of nitrogens with one attached hydrogen (secondary N) is 1. The molecule has 0 radical (unpaired) electrons. The van der Waals surface area contributed by atoms with Crippen molar-refractivity contribution in [1.29, 1.82) is 0 Å². The van der Waals surface area contributed by atoms with Crippen LogP contribution in [0.5, 0.6) is 0 Å². The predicted octanol–water partition coefficient (Wildman–Crippen LogP) is -1.32. The van der Waals surface area contributed by atoms with Crippen molar-refractivity contribution >= 4 is 29.5 Å². The Bertz CT molecular complexity index is 883. The van der Waals surface area contributed by atoms with Crippen molar-refractivity contribution in [1.82, 2.24) is 28.9 Å². The largest absolute Gasteiger partial charge is 0.336 e. The van der Waals surface area contributed by atoms with E-state index in [1.165, 1.54) is 22.5 Å². The third kappa shape index (κ3) is 2.84. The lowest BCUT2D eigenvalue weighted by Crippen LogP contribution is -2.53. The average Bonchev–Trinajstić information content (AvgIpc) is 2.95. The molecule has 1 atom stereocenters. The molecule has 0 unspecified atom stereocenters. The lowest BCUT2D eigenvalue weighted by atomic mass is 10.2. The van der Waals surface area contributed by atoms with Gasteiger partial charge in [-0.25, -0.2) is 9.78 Å². The van der Waals surface area contributed by atoms with Crippen LogP contribution in [0.3, 0.4) is 0 Å². The van der Waals surface area contributed by atoms with E-state index in [1.54, 1.807) is 11.9 Å². The molecule has 3 heterocycles. The molecule has 1 saturated heterocycles. The number of carbonyl (C=O) groups excluding carboxylic acids is 1. The lowest BCUT2D eigenvalue weighted by molar-refractivity contribution is -0.134. The number of piperazine rings is 1. The number of hydrogen-bond acceptors (Lipinski definition) is 5. The molecule has 9 nitrogen and oxygen atoms in total.